The summed E-state index contributed by atoms with van der Waals surface area (Å²) in [5.74, 6) is 1.56. The average Bonchev–Trinajstić information content (AvgIpc) is 2.93. The number of nitrogens with zero attached hydrogens (tertiary/aromatic N) is 4. The Morgan fingerprint density at radius 1 is 1.33 bits per heavy atom. The van der Waals surface area contributed by atoms with Crippen LogP contribution < -0.4 is 10.1 Å². The monoisotopic (exact) mass is 353 g/mol. The molecule has 0 unspecified atom stereocenters. The number of halogens is 1. The number of unbranched alkanes of at least 4 members (excludes halogenated alkanes) is 1. The lowest BCUT2D eigenvalue weighted by Crippen LogP contribution is -2.09. The summed E-state index contributed by atoms with van der Waals surface area (Å²) in [6.07, 6.45) is 2.18. The van der Waals surface area contributed by atoms with E-state index in [1.54, 1.807) is 4.68 Å². The summed E-state index contributed by atoms with van der Waals surface area (Å²) in [7, 11) is 0. The third-order valence-electron chi connectivity index (χ3n) is 3.00. The van der Waals surface area contributed by atoms with Crippen LogP contribution >= 0.6 is 15.9 Å². The second-order valence-corrected chi connectivity index (χ2v) is 5.48. The molecule has 1 aromatic carbocycles. The van der Waals surface area contributed by atoms with E-state index < -0.39 is 0 Å². The highest BCUT2D eigenvalue weighted by atomic mass is 79.9. The van der Waals surface area contributed by atoms with Gasteiger partial charge < -0.3 is 10.1 Å². The first kappa shape index (κ1) is 15.8. The van der Waals surface area contributed by atoms with E-state index in [4.69, 9.17) is 4.74 Å². The minimum Gasteiger partial charge on any atom is -0.493 e. The van der Waals surface area contributed by atoms with Gasteiger partial charge in [-0.25, -0.2) is 4.68 Å². The molecule has 0 aliphatic carbocycles. The molecule has 0 spiro atoms. The fourth-order valence-electron chi connectivity index (χ4n) is 1.90. The van der Waals surface area contributed by atoms with Crippen molar-refractivity contribution in [1.82, 2.24) is 20.2 Å². The molecule has 1 N–H and O–H groups in total. The Kier molecular flexibility index (Phi) is 5.98. The minimum absolute atomic E-state index is 0.655. The third-order valence-corrected chi connectivity index (χ3v) is 3.62. The Hall–Kier alpha value is -1.63. The van der Waals surface area contributed by atoms with Crippen molar-refractivity contribution >= 4 is 21.9 Å². The number of benzene rings is 1. The van der Waals surface area contributed by atoms with Gasteiger partial charge in [-0.1, -0.05) is 24.5 Å². The summed E-state index contributed by atoms with van der Waals surface area (Å²) in [6.45, 7) is 6.27. The maximum absolute atomic E-state index is 5.50. The van der Waals surface area contributed by atoms with Crippen molar-refractivity contribution in [2.24, 2.45) is 0 Å². The van der Waals surface area contributed by atoms with Crippen LogP contribution in [0.1, 0.15) is 32.3 Å². The Morgan fingerprint density at radius 2 is 2.19 bits per heavy atom. The van der Waals surface area contributed by atoms with Crippen LogP contribution in [0.3, 0.4) is 0 Å². The topological polar surface area (TPSA) is 64.9 Å². The summed E-state index contributed by atoms with van der Waals surface area (Å²) < 4.78 is 8.25. The Bertz CT molecular complexity index is 572. The van der Waals surface area contributed by atoms with Gasteiger partial charge in [-0.2, -0.15) is 0 Å². The summed E-state index contributed by atoms with van der Waals surface area (Å²) in [4.78, 5) is 0. The van der Waals surface area contributed by atoms with E-state index in [0.717, 1.165) is 35.2 Å². The molecule has 1 heterocycles. The largest absolute Gasteiger partial charge is 0.493 e. The van der Waals surface area contributed by atoms with Crippen molar-refractivity contribution in [3.05, 3.63) is 28.2 Å². The van der Waals surface area contributed by atoms with Crippen molar-refractivity contribution in [2.45, 2.75) is 39.8 Å². The lowest BCUT2D eigenvalue weighted by atomic mass is 10.2. The number of hydrogen-bond acceptors (Lipinski definition) is 5. The highest BCUT2D eigenvalue weighted by Crippen LogP contribution is 2.26. The van der Waals surface area contributed by atoms with Crippen LogP contribution in [-0.2, 0) is 13.1 Å². The SMILES string of the molecule is CCCCn1nnnc1NCc1ccc(OCC)c(Br)c1. The zero-order valence-corrected chi connectivity index (χ0v) is 13.9. The quantitative estimate of drug-likeness (QED) is 0.788. The summed E-state index contributed by atoms with van der Waals surface area (Å²) in [5.41, 5.74) is 1.13. The van der Waals surface area contributed by atoms with Crippen LogP contribution in [0.4, 0.5) is 5.95 Å². The fourth-order valence-corrected chi connectivity index (χ4v) is 2.44. The molecule has 0 saturated heterocycles. The smallest absolute Gasteiger partial charge is 0.243 e. The van der Waals surface area contributed by atoms with E-state index in [0.29, 0.717) is 19.1 Å². The number of nitrogens with one attached hydrogen (secondary N) is 1. The highest BCUT2D eigenvalue weighted by Gasteiger charge is 2.06. The van der Waals surface area contributed by atoms with Crippen LogP contribution in [0.5, 0.6) is 5.75 Å². The summed E-state index contributed by atoms with van der Waals surface area (Å²) >= 11 is 3.52. The number of tetrazole rings is 1. The molecule has 1 aromatic heterocycles. The molecule has 21 heavy (non-hydrogen) atoms. The molecule has 2 aromatic rings. The van der Waals surface area contributed by atoms with Gasteiger partial charge in [0.1, 0.15) is 5.75 Å². The van der Waals surface area contributed by atoms with Gasteiger partial charge in [-0.15, -0.1) is 0 Å². The lowest BCUT2D eigenvalue weighted by Gasteiger charge is -2.09. The van der Waals surface area contributed by atoms with Crippen molar-refractivity contribution in [3.63, 3.8) is 0 Å². The zero-order chi connectivity index (χ0) is 15.1. The van der Waals surface area contributed by atoms with Gasteiger partial charge >= 0.3 is 0 Å². The molecule has 0 saturated carbocycles. The second kappa shape index (κ2) is 7.97. The maximum atomic E-state index is 5.50. The molecule has 0 aliphatic heterocycles. The van der Waals surface area contributed by atoms with Crippen LogP contribution in [0.15, 0.2) is 22.7 Å². The van der Waals surface area contributed by atoms with E-state index in [1.165, 1.54) is 0 Å². The van der Waals surface area contributed by atoms with Crippen LogP contribution in [0.2, 0.25) is 0 Å². The van der Waals surface area contributed by atoms with E-state index in [1.807, 2.05) is 25.1 Å². The number of rotatable bonds is 8. The standard InChI is InChI=1S/C14H20BrN5O/c1-3-5-8-20-14(17-18-19-20)16-10-11-6-7-13(21-4-2)12(15)9-11/h6-7,9H,3-5,8,10H2,1-2H3,(H,16,17,19). The van der Waals surface area contributed by atoms with Crippen LogP contribution in [0, 0.1) is 0 Å². The van der Waals surface area contributed by atoms with Crippen LogP contribution in [0.25, 0.3) is 0 Å². The van der Waals surface area contributed by atoms with Gasteiger partial charge in [0.25, 0.3) is 0 Å². The third kappa shape index (κ3) is 4.42. The van der Waals surface area contributed by atoms with Crippen molar-refractivity contribution in [1.29, 1.82) is 0 Å². The van der Waals surface area contributed by atoms with Crippen molar-refractivity contribution < 1.29 is 4.74 Å². The van der Waals surface area contributed by atoms with Gasteiger partial charge in [0.15, 0.2) is 0 Å². The molecular weight excluding hydrogens is 334 g/mol. The number of anilines is 1. The molecule has 0 aliphatic rings. The first-order chi connectivity index (χ1) is 10.2. The molecule has 0 fully saturated rings. The Morgan fingerprint density at radius 3 is 2.90 bits per heavy atom. The molecule has 114 valence electrons. The molecule has 7 heteroatoms. The molecule has 0 atom stereocenters. The predicted octanol–water partition coefficient (Wildman–Crippen LogP) is 3.25. The Balaban J connectivity index is 1.97. The maximum Gasteiger partial charge on any atom is 0.243 e. The van der Waals surface area contributed by atoms with E-state index in [2.05, 4.69) is 43.7 Å². The summed E-state index contributed by atoms with van der Waals surface area (Å²) in [6, 6.07) is 6.03. The van der Waals surface area contributed by atoms with Gasteiger partial charge in [0, 0.05) is 13.1 Å². The van der Waals surface area contributed by atoms with E-state index >= 15 is 0 Å². The van der Waals surface area contributed by atoms with E-state index in [-0.39, 0.29) is 0 Å². The molecule has 6 nitrogen and oxygen atoms in total. The molecule has 0 radical (unpaired) electrons. The Labute approximate surface area is 133 Å². The second-order valence-electron chi connectivity index (χ2n) is 4.63. The van der Waals surface area contributed by atoms with Crippen LogP contribution in [-0.4, -0.2) is 26.8 Å². The first-order valence-electron chi connectivity index (χ1n) is 7.15. The normalized spacial score (nSPS) is 10.6. The highest BCUT2D eigenvalue weighted by molar-refractivity contribution is 9.10. The van der Waals surface area contributed by atoms with Gasteiger partial charge in [-0.3, -0.25) is 0 Å². The molecule has 2 rings (SSSR count). The number of hydrogen-bond donors (Lipinski definition) is 1. The van der Waals surface area contributed by atoms with Gasteiger partial charge in [-0.05, 0) is 57.4 Å². The molecular formula is C14H20BrN5O. The van der Waals surface area contributed by atoms with Crippen molar-refractivity contribution in [3.8, 4) is 5.75 Å². The fraction of sp³-hybridized carbons (Fsp3) is 0.500. The van der Waals surface area contributed by atoms with Crippen molar-refractivity contribution in [2.75, 3.05) is 11.9 Å². The molecule has 0 bridgehead atoms. The first-order valence-corrected chi connectivity index (χ1v) is 7.95. The van der Waals surface area contributed by atoms with Gasteiger partial charge in [0.2, 0.25) is 5.95 Å². The van der Waals surface area contributed by atoms with E-state index in [9.17, 15) is 0 Å². The number of aromatic nitrogens is 4. The predicted molar refractivity (Wildman–Crippen MR) is 85.4 cm³/mol. The zero-order valence-electron chi connectivity index (χ0n) is 12.3. The van der Waals surface area contributed by atoms with Gasteiger partial charge in [0.05, 0.1) is 11.1 Å². The summed E-state index contributed by atoms with van der Waals surface area (Å²) in [5, 5.41) is 15.0. The number of ether oxygens (including phenoxy) is 1. The lowest BCUT2D eigenvalue weighted by molar-refractivity contribution is 0.338. The number of aryl methyl sites for hydroxylation is 1. The average molecular weight is 354 g/mol. The molecule has 0 amide bonds. The minimum atomic E-state index is 0.655.